The molecule has 41 heavy (non-hydrogen) atoms. The first-order valence-corrected chi connectivity index (χ1v) is 14.1. The second-order valence-corrected chi connectivity index (χ2v) is 10.4. The Kier molecular flexibility index (Phi) is 7.89. The molecule has 6 rings (SSSR count). The van der Waals surface area contributed by atoms with Gasteiger partial charge in [0.2, 0.25) is 0 Å². The molecule has 4 aromatic rings. The number of H-pyrrole nitrogens is 1. The van der Waals surface area contributed by atoms with Crippen LogP contribution in [0.15, 0.2) is 83.7 Å². The van der Waals surface area contributed by atoms with Crippen molar-refractivity contribution in [3.8, 4) is 22.7 Å². The summed E-state index contributed by atoms with van der Waals surface area (Å²) in [6.45, 7) is 4.55. The topological polar surface area (TPSA) is 91.8 Å². The largest absolute Gasteiger partial charge is 0.490 e. The van der Waals surface area contributed by atoms with Gasteiger partial charge in [0.15, 0.2) is 0 Å². The Hall–Kier alpha value is -4.34. The molecule has 3 aromatic carbocycles. The standard InChI is InChI=1S/C32H35N5O4/c1-40-18-16-35-17-19-41-28-13-12-25(21-27(28)35)37-30(24-10-6-3-7-11-24)29(34-32(37)39)31(38)36-15-14-33-22-26(36)20-23-8-4-2-5-9-23/h2-13,21,26,33H,14-20,22H2,1H3,(H,34,39)/t26-/m1/s1. The number of carbonyl (C=O) groups excluding carboxylic acids is 1. The fourth-order valence-corrected chi connectivity index (χ4v) is 5.78. The lowest BCUT2D eigenvalue weighted by Gasteiger charge is -2.36. The van der Waals surface area contributed by atoms with Crippen molar-refractivity contribution in [2.45, 2.75) is 12.5 Å². The number of nitrogens with zero attached hydrogens (tertiary/aromatic N) is 3. The number of benzene rings is 3. The summed E-state index contributed by atoms with van der Waals surface area (Å²) in [5, 5.41) is 3.43. The Morgan fingerprint density at radius 2 is 1.80 bits per heavy atom. The average molecular weight is 554 g/mol. The Labute approximate surface area is 239 Å². The van der Waals surface area contributed by atoms with E-state index in [1.54, 1.807) is 11.7 Å². The molecule has 0 bridgehead atoms. The molecule has 1 aromatic heterocycles. The molecular weight excluding hydrogens is 518 g/mol. The SMILES string of the molecule is COCCN1CCOc2ccc(-n3c(-c4ccccc4)c(C(=O)N4CCNC[C@H]4Cc4ccccc4)[nH]c3=O)cc21. The first-order chi connectivity index (χ1) is 20.1. The summed E-state index contributed by atoms with van der Waals surface area (Å²) in [7, 11) is 1.69. The molecule has 1 fully saturated rings. The summed E-state index contributed by atoms with van der Waals surface area (Å²) in [4.78, 5) is 35.0. The van der Waals surface area contributed by atoms with E-state index in [4.69, 9.17) is 9.47 Å². The molecule has 2 aliphatic rings. The van der Waals surface area contributed by atoms with Crippen LogP contribution in [0.2, 0.25) is 0 Å². The number of amides is 1. The van der Waals surface area contributed by atoms with Crippen LogP contribution >= 0.6 is 0 Å². The number of rotatable bonds is 8. The summed E-state index contributed by atoms with van der Waals surface area (Å²) in [6, 6.07) is 25.5. The van der Waals surface area contributed by atoms with Crippen molar-refractivity contribution in [3.63, 3.8) is 0 Å². The molecule has 0 radical (unpaired) electrons. The second-order valence-electron chi connectivity index (χ2n) is 10.4. The third kappa shape index (κ3) is 5.51. The van der Waals surface area contributed by atoms with Crippen molar-refractivity contribution in [2.24, 2.45) is 0 Å². The maximum atomic E-state index is 14.3. The van der Waals surface area contributed by atoms with Crippen molar-refractivity contribution >= 4 is 11.6 Å². The van der Waals surface area contributed by atoms with Gasteiger partial charge in [0.05, 0.1) is 30.2 Å². The molecule has 9 heteroatoms. The Bertz CT molecular complexity index is 1550. The van der Waals surface area contributed by atoms with Crippen LogP contribution < -0.4 is 20.6 Å². The number of nitrogens with one attached hydrogen (secondary N) is 2. The molecule has 212 valence electrons. The fraction of sp³-hybridized carbons (Fsp3) is 0.312. The van der Waals surface area contributed by atoms with Gasteiger partial charge in [0.1, 0.15) is 18.1 Å². The normalized spacial score (nSPS) is 16.8. The zero-order chi connectivity index (χ0) is 28.2. The van der Waals surface area contributed by atoms with E-state index in [0.717, 1.165) is 30.0 Å². The quantitative estimate of drug-likeness (QED) is 0.348. The minimum atomic E-state index is -0.359. The number of anilines is 1. The van der Waals surface area contributed by atoms with Gasteiger partial charge in [0.25, 0.3) is 5.91 Å². The van der Waals surface area contributed by atoms with Gasteiger partial charge in [-0.1, -0.05) is 60.7 Å². The van der Waals surface area contributed by atoms with Gasteiger partial charge in [-0.3, -0.25) is 9.36 Å². The number of methoxy groups -OCH3 is 1. The number of hydrogen-bond donors (Lipinski definition) is 2. The molecule has 0 saturated carbocycles. The Morgan fingerprint density at radius 1 is 1.02 bits per heavy atom. The Balaban J connectivity index is 1.42. The monoisotopic (exact) mass is 553 g/mol. The molecule has 0 spiro atoms. The van der Waals surface area contributed by atoms with Crippen molar-refractivity contribution in [2.75, 3.05) is 57.9 Å². The van der Waals surface area contributed by atoms with Crippen LogP contribution in [-0.2, 0) is 11.2 Å². The van der Waals surface area contributed by atoms with E-state index in [9.17, 15) is 9.59 Å². The minimum Gasteiger partial charge on any atom is -0.490 e. The summed E-state index contributed by atoms with van der Waals surface area (Å²) >= 11 is 0. The number of carbonyl (C=O) groups is 1. The minimum absolute atomic E-state index is 0.0376. The van der Waals surface area contributed by atoms with Crippen LogP contribution in [0.4, 0.5) is 5.69 Å². The van der Waals surface area contributed by atoms with E-state index < -0.39 is 0 Å². The van der Waals surface area contributed by atoms with Crippen LogP contribution in [0.1, 0.15) is 16.1 Å². The third-order valence-corrected chi connectivity index (χ3v) is 7.81. The molecule has 9 nitrogen and oxygen atoms in total. The van der Waals surface area contributed by atoms with Crippen molar-refractivity contribution in [1.82, 2.24) is 19.8 Å². The van der Waals surface area contributed by atoms with Crippen LogP contribution in [0.5, 0.6) is 5.75 Å². The number of fused-ring (bicyclic) bond motifs is 1. The molecule has 3 heterocycles. The van der Waals surface area contributed by atoms with Gasteiger partial charge < -0.3 is 29.6 Å². The highest BCUT2D eigenvalue weighted by Crippen LogP contribution is 2.35. The van der Waals surface area contributed by atoms with E-state index in [1.807, 2.05) is 71.6 Å². The zero-order valence-corrected chi connectivity index (χ0v) is 23.2. The number of aromatic amines is 1. The van der Waals surface area contributed by atoms with Crippen LogP contribution in [0.25, 0.3) is 16.9 Å². The van der Waals surface area contributed by atoms with E-state index in [1.165, 1.54) is 5.56 Å². The molecule has 1 amide bonds. The first kappa shape index (κ1) is 26.9. The number of ether oxygens (including phenoxy) is 2. The summed E-state index contributed by atoms with van der Waals surface area (Å²) in [5.41, 5.74) is 4.01. The number of hydrogen-bond acceptors (Lipinski definition) is 6. The highest BCUT2D eigenvalue weighted by molar-refractivity contribution is 5.99. The maximum absolute atomic E-state index is 14.3. The molecule has 0 aliphatic carbocycles. The van der Waals surface area contributed by atoms with Crippen molar-refractivity contribution in [3.05, 3.63) is 101 Å². The van der Waals surface area contributed by atoms with Gasteiger partial charge in [-0.2, -0.15) is 0 Å². The smallest absolute Gasteiger partial charge is 0.331 e. The summed E-state index contributed by atoms with van der Waals surface area (Å²) in [6.07, 6.45) is 0.729. The lowest BCUT2D eigenvalue weighted by atomic mass is 10.0. The highest BCUT2D eigenvalue weighted by Gasteiger charge is 2.32. The van der Waals surface area contributed by atoms with Crippen LogP contribution in [0.3, 0.4) is 0 Å². The number of imidazole rings is 1. The Morgan fingerprint density at radius 3 is 2.59 bits per heavy atom. The molecule has 1 atom stereocenters. The predicted octanol–water partition coefficient (Wildman–Crippen LogP) is 3.33. The second kappa shape index (κ2) is 12.0. The molecule has 1 saturated heterocycles. The zero-order valence-electron chi connectivity index (χ0n) is 23.2. The van der Waals surface area contributed by atoms with Crippen LogP contribution in [0, 0.1) is 0 Å². The lowest BCUT2D eigenvalue weighted by molar-refractivity contribution is 0.0631. The van der Waals surface area contributed by atoms with Gasteiger partial charge in [-0.15, -0.1) is 0 Å². The average Bonchev–Trinajstić information content (AvgIpc) is 3.37. The van der Waals surface area contributed by atoms with Crippen molar-refractivity contribution in [1.29, 1.82) is 0 Å². The van der Waals surface area contributed by atoms with E-state index in [0.29, 0.717) is 56.5 Å². The molecule has 2 N–H and O–H groups in total. The van der Waals surface area contributed by atoms with Gasteiger partial charge in [-0.05, 0) is 30.2 Å². The maximum Gasteiger partial charge on any atom is 0.331 e. The lowest BCUT2D eigenvalue weighted by Crippen LogP contribution is -2.54. The molecule has 0 unspecified atom stereocenters. The highest BCUT2D eigenvalue weighted by atomic mass is 16.5. The number of aromatic nitrogens is 2. The fourth-order valence-electron chi connectivity index (χ4n) is 5.78. The van der Waals surface area contributed by atoms with E-state index >= 15 is 0 Å². The third-order valence-electron chi connectivity index (χ3n) is 7.81. The van der Waals surface area contributed by atoms with Gasteiger partial charge in [0, 0.05) is 44.9 Å². The van der Waals surface area contributed by atoms with E-state index in [2.05, 4.69) is 27.3 Å². The van der Waals surface area contributed by atoms with Gasteiger partial charge >= 0.3 is 5.69 Å². The van der Waals surface area contributed by atoms with E-state index in [-0.39, 0.29) is 17.6 Å². The molecule has 2 aliphatic heterocycles. The predicted molar refractivity (Wildman–Crippen MR) is 159 cm³/mol. The summed E-state index contributed by atoms with van der Waals surface area (Å²) < 4.78 is 12.8. The van der Waals surface area contributed by atoms with Gasteiger partial charge in [-0.25, -0.2) is 4.79 Å². The number of piperazine rings is 1. The van der Waals surface area contributed by atoms with Crippen LogP contribution in [-0.4, -0.2) is 79.4 Å². The molecular formula is C32H35N5O4. The first-order valence-electron chi connectivity index (χ1n) is 14.1. The van der Waals surface area contributed by atoms with Crippen molar-refractivity contribution < 1.29 is 14.3 Å². The summed E-state index contributed by atoms with van der Waals surface area (Å²) in [5.74, 6) is 0.590.